The van der Waals surface area contributed by atoms with Crippen molar-refractivity contribution in [2.75, 3.05) is 7.11 Å². The highest BCUT2D eigenvalue weighted by atomic mass is 19.1. The van der Waals surface area contributed by atoms with Gasteiger partial charge in [0.05, 0.1) is 13.7 Å². The minimum absolute atomic E-state index is 0.135. The second-order valence-corrected chi connectivity index (χ2v) is 6.76. The molecule has 0 fully saturated rings. The quantitative estimate of drug-likeness (QED) is 0.436. The van der Waals surface area contributed by atoms with Crippen LogP contribution in [-0.4, -0.2) is 12.2 Å². The highest BCUT2D eigenvalue weighted by Crippen LogP contribution is 2.47. The molecule has 2 nitrogen and oxygen atoms in total. The number of rotatable bonds is 5. The molecule has 1 N–H and O–H groups in total. The van der Waals surface area contributed by atoms with E-state index in [0.717, 1.165) is 38.9 Å². The van der Waals surface area contributed by atoms with Crippen molar-refractivity contribution >= 4 is 0 Å². The van der Waals surface area contributed by atoms with Crippen LogP contribution in [0.15, 0.2) is 91.0 Å². The van der Waals surface area contributed by atoms with Gasteiger partial charge in [-0.25, -0.2) is 4.39 Å². The highest BCUT2D eigenvalue weighted by molar-refractivity contribution is 5.98. The maximum Gasteiger partial charge on any atom is 0.127 e. The van der Waals surface area contributed by atoms with Gasteiger partial charge in [-0.05, 0) is 46.0 Å². The summed E-state index contributed by atoms with van der Waals surface area (Å²) in [4.78, 5) is 0. The molecule has 0 saturated heterocycles. The van der Waals surface area contributed by atoms with Crippen molar-refractivity contribution in [1.29, 1.82) is 0 Å². The van der Waals surface area contributed by atoms with Crippen LogP contribution < -0.4 is 4.74 Å². The summed E-state index contributed by atoms with van der Waals surface area (Å²) in [6, 6.07) is 28.2. The molecule has 0 atom stereocenters. The summed E-state index contributed by atoms with van der Waals surface area (Å²) in [5.74, 6) is 0.376. The fraction of sp³-hybridized carbons (Fsp3) is 0.0769. The van der Waals surface area contributed by atoms with Crippen LogP contribution in [0.2, 0.25) is 0 Å². The molecule has 0 saturated carbocycles. The number of hydrogen-bond acceptors (Lipinski definition) is 2. The normalized spacial score (nSPS) is 10.7. The molecule has 0 aromatic heterocycles. The van der Waals surface area contributed by atoms with E-state index in [1.165, 1.54) is 12.1 Å². The smallest absolute Gasteiger partial charge is 0.127 e. The van der Waals surface area contributed by atoms with Crippen molar-refractivity contribution in [3.8, 4) is 39.1 Å². The van der Waals surface area contributed by atoms with E-state index in [2.05, 4.69) is 0 Å². The maximum atomic E-state index is 13.7. The molecule has 3 heteroatoms. The molecule has 4 aromatic rings. The van der Waals surface area contributed by atoms with Gasteiger partial charge >= 0.3 is 0 Å². The molecular formula is C26H21FO2. The second kappa shape index (κ2) is 8.29. The van der Waals surface area contributed by atoms with Gasteiger partial charge in [-0.1, -0.05) is 72.8 Å². The minimum atomic E-state index is -0.290. The van der Waals surface area contributed by atoms with E-state index in [0.29, 0.717) is 5.75 Å². The number of benzene rings is 4. The lowest BCUT2D eigenvalue weighted by Crippen LogP contribution is -2.00. The number of halogens is 1. The fourth-order valence-corrected chi connectivity index (χ4v) is 3.73. The number of aliphatic hydroxyl groups is 1. The van der Waals surface area contributed by atoms with Crippen LogP contribution in [0.1, 0.15) is 5.56 Å². The Bertz CT molecular complexity index is 1040. The lowest BCUT2D eigenvalue weighted by molar-refractivity contribution is 0.281. The topological polar surface area (TPSA) is 29.5 Å². The number of methoxy groups -OCH3 is 1. The van der Waals surface area contributed by atoms with E-state index in [1.807, 2.05) is 66.7 Å². The van der Waals surface area contributed by atoms with Gasteiger partial charge < -0.3 is 9.84 Å². The Labute approximate surface area is 169 Å². The first-order valence-electron chi connectivity index (χ1n) is 9.44. The molecule has 0 aliphatic rings. The Morgan fingerprint density at radius 2 is 1.21 bits per heavy atom. The van der Waals surface area contributed by atoms with Crippen LogP contribution in [0.5, 0.6) is 5.75 Å². The molecule has 0 heterocycles. The average molecular weight is 384 g/mol. The predicted molar refractivity (Wildman–Crippen MR) is 115 cm³/mol. The van der Waals surface area contributed by atoms with E-state index in [9.17, 15) is 9.50 Å². The third kappa shape index (κ3) is 3.65. The largest absolute Gasteiger partial charge is 0.496 e. The molecule has 4 aromatic carbocycles. The van der Waals surface area contributed by atoms with Gasteiger partial charge in [0.2, 0.25) is 0 Å². The summed E-state index contributed by atoms with van der Waals surface area (Å²) in [5, 5.41) is 10.2. The summed E-state index contributed by atoms with van der Waals surface area (Å²) in [6.07, 6.45) is 0. The van der Waals surface area contributed by atoms with Gasteiger partial charge in [-0.3, -0.25) is 0 Å². The molecule has 0 radical (unpaired) electrons. The van der Waals surface area contributed by atoms with Crippen molar-refractivity contribution in [3.05, 3.63) is 102 Å². The summed E-state index contributed by atoms with van der Waals surface area (Å²) in [6.45, 7) is -0.135. The molecule has 29 heavy (non-hydrogen) atoms. The first kappa shape index (κ1) is 18.9. The lowest BCUT2D eigenvalue weighted by atomic mass is 9.84. The fourth-order valence-electron chi connectivity index (χ4n) is 3.73. The Morgan fingerprint density at radius 1 is 0.690 bits per heavy atom. The standard InChI is InChI=1S/C26H21FO2/c1-29-23-16-21(17-28)24(18-8-4-2-5-9-18)26(20-12-14-22(27)15-13-20)25(23)19-10-6-3-7-11-19/h2-16,28H,17H2,1H3. The molecule has 0 bridgehead atoms. The zero-order valence-corrected chi connectivity index (χ0v) is 16.1. The van der Waals surface area contributed by atoms with Crippen LogP contribution in [0.3, 0.4) is 0 Å². The van der Waals surface area contributed by atoms with E-state index in [-0.39, 0.29) is 12.4 Å². The molecule has 0 spiro atoms. The number of ether oxygens (including phenoxy) is 1. The first-order chi connectivity index (χ1) is 14.2. The molecule has 4 rings (SSSR count). The highest BCUT2D eigenvalue weighted by Gasteiger charge is 2.22. The lowest BCUT2D eigenvalue weighted by Gasteiger charge is -2.22. The second-order valence-electron chi connectivity index (χ2n) is 6.76. The minimum Gasteiger partial charge on any atom is -0.496 e. The zero-order chi connectivity index (χ0) is 20.2. The Kier molecular flexibility index (Phi) is 5.41. The third-order valence-electron chi connectivity index (χ3n) is 5.02. The first-order valence-corrected chi connectivity index (χ1v) is 9.44. The van der Waals surface area contributed by atoms with Gasteiger partial charge in [-0.15, -0.1) is 0 Å². The average Bonchev–Trinajstić information content (AvgIpc) is 2.79. The van der Waals surface area contributed by atoms with Crippen molar-refractivity contribution < 1.29 is 14.2 Å². The van der Waals surface area contributed by atoms with Crippen LogP contribution in [0, 0.1) is 5.82 Å². The van der Waals surface area contributed by atoms with E-state index in [1.54, 1.807) is 19.2 Å². The van der Waals surface area contributed by atoms with Crippen molar-refractivity contribution in [3.63, 3.8) is 0 Å². The van der Waals surface area contributed by atoms with Crippen molar-refractivity contribution in [2.24, 2.45) is 0 Å². The van der Waals surface area contributed by atoms with Crippen LogP contribution in [-0.2, 0) is 6.61 Å². The van der Waals surface area contributed by atoms with Crippen molar-refractivity contribution in [2.45, 2.75) is 6.61 Å². The Hall–Kier alpha value is -3.43. The SMILES string of the molecule is COc1cc(CO)c(-c2ccccc2)c(-c2ccc(F)cc2)c1-c1ccccc1. The molecule has 0 aliphatic heterocycles. The zero-order valence-electron chi connectivity index (χ0n) is 16.1. The summed E-state index contributed by atoms with van der Waals surface area (Å²) < 4.78 is 19.4. The number of hydrogen-bond donors (Lipinski definition) is 1. The maximum absolute atomic E-state index is 13.7. The monoisotopic (exact) mass is 384 g/mol. The van der Waals surface area contributed by atoms with E-state index in [4.69, 9.17) is 4.74 Å². The number of aliphatic hydroxyl groups excluding tert-OH is 1. The van der Waals surface area contributed by atoms with Gasteiger partial charge in [0.25, 0.3) is 0 Å². The van der Waals surface area contributed by atoms with Crippen LogP contribution in [0.4, 0.5) is 4.39 Å². The van der Waals surface area contributed by atoms with Gasteiger partial charge in [0, 0.05) is 11.1 Å². The van der Waals surface area contributed by atoms with Gasteiger partial charge in [0.15, 0.2) is 0 Å². The molecule has 144 valence electrons. The van der Waals surface area contributed by atoms with Gasteiger partial charge in [-0.2, -0.15) is 0 Å². The Morgan fingerprint density at radius 3 is 1.72 bits per heavy atom. The summed E-state index contributed by atoms with van der Waals surface area (Å²) in [5.41, 5.74) is 6.33. The van der Waals surface area contributed by atoms with E-state index >= 15 is 0 Å². The molecule has 0 amide bonds. The van der Waals surface area contributed by atoms with Crippen molar-refractivity contribution in [1.82, 2.24) is 0 Å². The molecule has 0 aliphatic carbocycles. The van der Waals surface area contributed by atoms with E-state index < -0.39 is 0 Å². The predicted octanol–water partition coefficient (Wildman–Crippen LogP) is 6.33. The van der Waals surface area contributed by atoms with Gasteiger partial charge in [0.1, 0.15) is 11.6 Å². The van der Waals surface area contributed by atoms with Crippen LogP contribution >= 0.6 is 0 Å². The summed E-state index contributed by atoms with van der Waals surface area (Å²) in [7, 11) is 1.62. The molecule has 0 unspecified atom stereocenters. The third-order valence-corrected chi connectivity index (χ3v) is 5.02. The van der Waals surface area contributed by atoms with Crippen LogP contribution in [0.25, 0.3) is 33.4 Å². The Balaban J connectivity index is 2.16. The molecular weight excluding hydrogens is 363 g/mol. The summed E-state index contributed by atoms with van der Waals surface area (Å²) >= 11 is 0.